The molecule has 0 aromatic carbocycles. The van der Waals surface area contributed by atoms with Crippen molar-refractivity contribution in [2.45, 2.75) is 38.6 Å². The molecule has 0 amide bonds. The van der Waals surface area contributed by atoms with Crippen LogP contribution in [0.4, 0.5) is 5.82 Å². The van der Waals surface area contributed by atoms with Gasteiger partial charge in [0.1, 0.15) is 16.3 Å². The molecule has 0 unspecified atom stereocenters. The molecule has 1 fully saturated rings. The van der Waals surface area contributed by atoms with Gasteiger partial charge < -0.3 is 10.3 Å². The largest absolute Gasteiger partial charge is 0.369 e. The van der Waals surface area contributed by atoms with Crippen molar-refractivity contribution in [2.75, 3.05) is 5.32 Å². The third-order valence-corrected chi connectivity index (χ3v) is 2.79. The lowest BCUT2D eigenvalue weighted by Crippen LogP contribution is -2.15. The Labute approximate surface area is 89.0 Å². The number of H-pyrrole nitrogens is 1. The van der Waals surface area contributed by atoms with E-state index in [0.717, 1.165) is 11.6 Å². The number of aryl methyl sites for hydroxylation is 1. The molecular formula is C10H15N3S. The van der Waals surface area contributed by atoms with Gasteiger partial charge in [0.15, 0.2) is 0 Å². The second kappa shape index (κ2) is 4.09. The number of anilines is 1. The van der Waals surface area contributed by atoms with Crippen LogP contribution in [0.5, 0.6) is 0 Å². The van der Waals surface area contributed by atoms with Gasteiger partial charge in [0.25, 0.3) is 0 Å². The molecule has 1 aromatic rings. The molecule has 1 heterocycles. The molecular weight excluding hydrogens is 194 g/mol. The number of hydrogen-bond acceptors (Lipinski definition) is 3. The minimum absolute atomic E-state index is 0.613. The summed E-state index contributed by atoms with van der Waals surface area (Å²) in [5.41, 5.74) is 0. The van der Waals surface area contributed by atoms with Gasteiger partial charge in [0.2, 0.25) is 0 Å². The Morgan fingerprint density at radius 2 is 2.21 bits per heavy atom. The lowest BCUT2D eigenvalue weighted by atomic mass is 10.2. The summed E-state index contributed by atoms with van der Waals surface area (Å²) in [7, 11) is 0. The quantitative estimate of drug-likeness (QED) is 0.736. The van der Waals surface area contributed by atoms with Crippen molar-refractivity contribution >= 4 is 18.0 Å². The monoisotopic (exact) mass is 209 g/mol. The van der Waals surface area contributed by atoms with Crippen LogP contribution >= 0.6 is 12.2 Å². The number of hydrogen-bond donors (Lipinski definition) is 2. The summed E-state index contributed by atoms with van der Waals surface area (Å²) >= 11 is 5.06. The summed E-state index contributed by atoms with van der Waals surface area (Å²) in [6, 6.07) is 2.50. The van der Waals surface area contributed by atoms with E-state index in [1.165, 1.54) is 25.7 Å². The maximum atomic E-state index is 5.06. The van der Waals surface area contributed by atoms with Crippen molar-refractivity contribution < 1.29 is 0 Å². The summed E-state index contributed by atoms with van der Waals surface area (Å²) in [5, 5.41) is 3.46. The van der Waals surface area contributed by atoms with Crippen molar-refractivity contribution in [1.82, 2.24) is 9.97 Å². The van der Waals surface area contributed by atoms with Crippen molar-refractivity contribution in [2.24, 2.45) is 0 Å². The molecule has 1 aliphatic carbocycles. The van der Waals surface area contributed by atoms with E-state index < -0.39 is 0 Å². The third kappa shape index (κ3) is 2.32. The normalized spacial score (nSPS) is 17.2. The summed E-state index contributed by atoms with van der Waals surface area (Å²) < 4.78 is 0.654. The average Bonchev–Trinajstić information content (AvgIpc) is 2.54. The Hall–Kier alpha value is -0.900. The van der Waals surface area contributed by atoms with Gasteiger partial charge in [0.05, 0.1) is 0 Å². The lowest BCUT2D eigenvalue weighted by molar-refractivity contribution is 0.748. The van der Waals surface area contributed by atoms with Crippen LogP contribution in [0.3, 0.4) is 0 Å². The first-order valence-corrected chi connectivity index (χ1v) is 5.49. The molecule has 0 saturated heterocycles. The molecule has 0 atom stereocenters. The van der Waals surface area contributed by atoms with E-state index >= 15 is 0 Å². The van der Waals surface area contributed by atoms with E-state index in [9.17, 15) is 0 Å². The van der Waals surface area contributed by atoms with E-state index in [2.05, 4.69) is 15.3 Å². The highest BCUT2D eigenvalue weighted by atomic mass is 32.1. The molecule has 1 aliphatic rings. The van der Waals surface area contributed by atoms with Crippen LogP contribution in [-0.2, 0) is 0 Å². The third-order valence-electron chi connectivity index (χ3n) is 2.58. The van der Waals surface area contributed by atoms with Crippen LogP contribution in [0.1, 0.15) is 31.5 Å². The smallest absolute Gasteiger partial charge is 0.131 e. The van der Waals surface area contributed by atoms with Crippen molar-refractivity contribution in [3.05, 3.63) is 16.5 Å². The highest BCUT2D eigenvalue weighted by Gasteiger charge is 2.14. The molecule has 14 heavy (non-hydrogen) atoms. The Bertz CT molecular complexity index is 366. The predicted octanol–water partition coefficient (Wildman–Crippen LogP) is 2.80. The highest BCUT2D eigenvalue weighted by molar-refractivity contribution is 7.71. The minimum Gasteiger partial charge on any atom is -0.369 e. The van der Waals surface area contributed by atoms with Crippen molar-refractivity contribution in [3.8, 4) is 0 Å². The van der Waals surface area contributed by atoms with Gasteiger partial charge in [-0.25, -0.2) is 4.98 Å². The van der Waals surface area contributed by atoms with E-state index in [0.29, 0.717) is 10.7 Å². The number of nitrogens with zero attached hydrogens (tertiary/aromatic N) is 1. The fraction of sp³-hybridized carbons (Fsp3) is 0.600. The average molecular weight is 209 g/mol. The number of aromatic nitrogens is 2. The summed E-state index contributed by atoms with van der Waals surface area (Å²) in [5.74, 6) is 1.88. The Kier molecular flexibility index (Phi) is 2.82. The van der Waals surface area contributed by atoms with Gasteiger partial charge in [-0.3, -0.25) is 0 Å². The number of nitrogens with one attached hydrogen (secondary N) is 2. The summed E-state index contributed by atoms with van der Waals surface area (Å²) in [6.45, 7) is 1.93. The van der Waals surface area contributed by atoms with Crippen LogP contribution in [-0.4, -0.2) is 16.0 Å². The molecule has 0 radical (unpaired) electrons. The van der Waals surface area contributed by atoms with Crippen LogP contribution in [0.15, 0.2) is 6.07 Å². The molecule has 2 rings (SSSR count). The maximum Gasteiger partial charge on any atom is 0.131 e. The first kappa shape index (κ1) is 9.65. The van der Waals surface area contributed by atoms with E-state index in [1.54, 1.807) is 0 Å². The van der Waals surface area contributed by atoms with E-state index in [4.69, 9.17) is 12.2 Å². The van der Waals surface area contributed by atoms with Crippen LogP contribution in [0, 0.1) is 11.6 Å². The van der Waals surface area contributed by atoms with Gasteiger partial charge in [0, 0.05) is 12.1 Å². The summed E-state index contributed by atoms with van der Waals surface area (Å²) in [6.07, 6.45) is 5.20. The molecule has 0 bridgehead atoms. The topological polar surface area (TPSA) is 40.7 Å². The molecule has 76 valence electrons. The Morgan fingerprint density at radius 3 is 2.86 bits per heavy atom. The van der Waals surface area contributed by atoms with Gasteiger partial charge in [-0.05, 0) is 19.8 Å². The van der Waals surface area contributed by atoms with Gasteiger partial charge in [-0.1, -0.05) is 25.1 Å². The lowest BCUT2D eigenvalue weighted by Gasteiger charge is -2.13. The first-order valence-electron chi connectivity index (χ1n) is 5.08. The first-order chi connectivity index (χ1) is 6.74. The molecule has 4 heteroatoms. The highest BCUT2D eigenvalue weighted by Crippen LogP contribution is 2.21. The zero-order valence-electron chi connectivity index (χ0n) is 8.34. The zero-order valence-corrected chi connectivity index (χ0v) is 9.16. The van der Waals surface area contributed by atoms with E-state index in [1.807, 2.05) is 13.0 Å². The molecule has 1 saturated carbocycles. The molecule has 2 N–H and O–H groups in total. The summed E-state index contributed by atoms with van der Waals surface area (Å²) in [4.78, 5) is 7.31. The number of aromatic amines is 1. The molecule has 1 aromatic heterocycles. The van der Waals surface area contributed by atoms with Gasteiger partial charge >= 0.3 is 0 Å². The van der Waals surface area contributed by atoms with Crippen LogP contribution < -0.4 is 5.32 Å². The fourth-order valence-electron chi connectivity index (χ4n) is 1.95. The minimum atomic E-state index is 0.613. The second-order valence-electron chi connectivity index (χ2n) is 3.84. The van der Waals surface area contributed by atoms with E-state index in [-0.39, 0.29) is 0 Å². The number of rotatable bonds is 2. The predicted molar refractivity (Wildman–Crippen MR) is 60.0 cm³/mol. The Morgan fingerprint density at radius 1 is 1.50 bits per heavy atom. The standard InChI is InChI=1S/C10H15N3S/c1-7-11-9(6-10(14)12-7)13-8-4-2-3-5-8/h6,8H,2-5H2,1H3,(H2,11,12,13,14). The molecule has 0 spiro atoms. The fourth-order valence-corrected chi connectivity index (χ4v) is 2.20. The Balaban J connectivity index is 2.11. The zero-order chi connectivity index (χ0) is 9.97. The van der Waals surface area contributed by atoms with Gasteiger partial charge in [-0.15, -0.1) is 0 Å². The van der Waals surface area contributed by atoms with Crippen molar-refractivity contribution in [1.29, 1.82) is 0 Å². The SMILES string of the molecule is Cc1nc(=S)cc(NC2CCCC2)[nH]1. The van der Waals surface area contributed by atoms with Gasteiger partial charge in [-0.2, -0.15) is 0 Å². The molecule has 3 nitrogen and oxygen atoms in total. The van der Waals surface area contributed by atoms with Crippen LogP contribution in [0.25, 0.3) is 0 Å². The maximum absolute atomic E-state index is 5.06. The molecule has 0 aliphatic heterocycles. The van der Waals surface area contributed by atoms with Crippen molar-refractivity contribution in [3.63, 3.8) is 0 Å². The second-order valence-corrected chi connectivity index (χ2v) is 4.26. The van der Waals surface area contributed by atoms with Crippen LogP contribution in [0.2, 0.25) is 0 Å².